The smallest absolute Gasteiger partial charge is 0.450 e. The molecule has 24 heavy (non-hydrogen) atoms. The zero-order valence-corrected chi connectivity index (χ0v) is 13.0. The van der Waals surface area contributed by atoms with E-state index in [-0.39, 0.29) is 18.6 Å². The van der Waals surface area contributed by atoms with Crippen LogP contribution in [0.2, 0.25) is 0 Å². The van der Waals surface area contributed by atoms with Crippen LogP contribution in [-0.2, 0) is 20.9 Å². The summed E-state index contributed by atoms with van der Waals surface area (Å²) in [6, 6.07) is 6.87. The number of alkyl halides is 3. The summed E-state index contributed by atoms with van der Waals surface area (Å²) in [5, 5.41) is 1.31. The minimum atomic E-state index is -4.49. The highest BCUT2D eigenvalue weighted by atomic mass is 19.4. The van der Waals surface area contributed by atoms with E-state index in [4.69, 9.17) is 4.84 Å². The molecule has 1 aliphatic heterocycles. The van der Waals surface area contributed by atoms with Crippen LogP contribution in [-0.4, -0.2) is 31.0 Å². The largest absolute Gasteiger partial charge is 0.466 e. The van der Waals surface area contributed by atoms with E-state index < -0.39 is 11.9 Å². The number of halogens is 3. The van der Waals surface area contributed by atoms with Gasteiger partial charge in [0.2, 0.25) is 11.7 Å². The van der Waals surface area contributed by atoms with Crippen LogP contribution in [0.5, 0.6) is 0 Å². The number of anilines is 1. The lowest BCUT2D eigenvalue weighted by Crippen LogP contribution is -2.30. The standard InChI is InChI=1S/C16H17F3N2O3/c1-23-21(15(22)12-4-5-12)8-11-2-6-13(7-3-11)20-9-14(24-10-20)16(17,18)19/h2-3,6-7,9,12H,4-5,8,10H2,1H3. The maximum absolute atomic E-state index is 12.6. The Kier molecular flexibility index (Phi) is 4.40. The minimum absolute atomic E-state index is 0.0349. The number of ether oxygens (including phenoxy) is 1. The second-order valence-corrected chi connectivity index (χ2v) is 5.73. The average molecular weight is 342 g/mol. The van der Waals surface area contributed by atoms with Crippen molar-refractivity contribution in [2.75, 3.05) is 18.7 Å². The fourth-order valence-corrected chi connectivity index (χ4v) is 2.38. The van der Waals surface area contributed by atoms with Crippen LogP contribution in [0.3, 0.4) is 0 Å². The van der Waals surface area contributed by atoms with Crippen LogP contribution in [0.4, 0.5) is 18.9 Å². The molecule has 5 nitrogen and oxygen atoms in total. The van der Waals surface area contributed by atoms with Gasteiger partial charge in [-0.2, -0.15) is 13.2 Å². The SMILES string of the molecule is CON(Cc1ccc(N2C=C(C(F)(F)F)OC2)cc1)C(=O)C1CC1. The summed E-state index contributed by atoms with van der Waals surface area (Å²) < 4.78 is 42.4. The highest BCUT2D eigenvalue weighted by Gasteiger charge is 2.39. The third kappa shape index (κ3) is 3.64. The van der Waals surface area contributed by atoms with Crippen LogP contribution < -0.4 is 4.90 Å². The zero-order valence-electron chi connectivity index (χ0n) is 13.0. The van der Waals surface area contributed by atoms with Crippen molar-refractivity contribution in [3.8, 4) is 0 Å². The summed E-state index contributed by atoms with van der Waals surface area (Å²) in [4.78, 5) is 18.5. The Balaban J connectivity index is 1.65. The van der Waals surface area contributed by atoms with E-state index in [1.54, 1.807) is 24.3 Å². The van der Waals surface area contributed by atoms with Crippen molar-refractivity contribution >= 4 is 11.6 Å². The molecule has 0 aromatic heterocycles. The molecule has 1 aromatic rings. The summed E-state index contributed by atoms with van der Waals surface area (Å²) in [7, 11) is 1.44. The third-order valence-corrected chi connectivity index (χ3v) is 3.90. The Morgan fingerprint density at radius 2 is 2.00 bits per heavy atom. The van der Waals surface area contributed by atoms with E-state index >= 15 is 0 Å². The molecule has 1 fully saturated rings. The maximum Gasteiger partial charge on any atom is 0.450 e. The molecule has 130 valence electrons. The van der Waals surface area contributed by atoms with Gasteiger partial charge in [-0.05, 0) is 30.5 Å². The first kappa shape index (κ1) is 16.6. The predicted molar refractivity (Wildman–Crippen MR) is 79.3 cm³/mol. The number of nitrogens with zero attached hydrogens (tertiary/aromatic N) is 2. The number of benzene rings is 1. The Hall–Kier alpha value is -2.22. The van der Waals surface area contributed by atoms with Gasteiger partial charge in [0, 0.05) is 11.6 Å². The molecule has 0 radical (unpaired) electrons. The van der Waals surface area contributed by atoms with Gasteiger partial charge in [0.1, 0.15) is 0 Å². The number of hydroxylamine groups is 2. The first-order valence-electron chi connectivity index (χ1n) is 7.51. The number of carbonyl (C=O) groups is 1. The normalized spacial score (nSPS) is 17.5. The monoisotopic (exact) mass is 342 g/mol. The van der Waals surface area contributed by atoms with Gasteiger partial charge < -0.3 is 9.64 Å². The number of carbonyl (C=O) groups excluding carboxylic acids is 1. The van der Waals surface area contributed by atoms with E-state index in [9.17, 15) is 18.0 Å². The van der Waals surface area contributed by atoms with E-state index in [1.807, 2.05) is 0 Å². The molecule has 1 saturated carbocycles. The Bertz CT molecular complexity index is 639. The van der Waals surface area contributed by atoms with Gasteiger partial charge in [-0.1, -0.05) is 12.1 Å². The van der Waals surface area contributed by atoms with Crippen LogP contribution in [0.1, 0.15) is 18.4 Å². The van der Waals surface area contributed by atoms with Gasteiger partial charge in [0.05, 0.1) is 19.9 Å². The first-order chi connectivity index (χ1) is 11.4. The van der Waals surface area contributed by atoms with Crippen molar-refractivity contribution in [1.82, 2.24) is 5.06 Å². The van der Waals surface area contributed by atoms with Crippen LogP contribution in [0.15, 0.2) is 36.2 Å². The van der Waals surface area contributed by atoms with E-state index in [0.29, 0.717) is 12.2 Å². The molecule has 0 N–H and O–H groups in total. The molecule has 2 aliphatic rings. The Morgan fingerprint density at radius 3 is 2.50 bits per heavy atom. The lowest BCUT2D eigenvalue weighted by Gasteiger charge is -2.20. The van der Waals surface area contributed by atoms with Gasteiger partial charge in [0.25, 0.3) is 0 Å². The van der Waals surface area contributed by atoms with Crippen molar-refractivity contribution in [3.63, 3.8) is 0 Å². The van der Waals surface area contributed by atoms with Gasteiger partial charge >= 0.3 is 6.18 Å². The van der Waals surface area contributed by atoms with Gasteiger partial charge in [-0.15, -0.1) is 0 Å². The molecular weight excluding hydrogens is 325 g/mol. The number of hydrogen-bond donors (Lipinski definition) is 0. The van der Waals surface area contributed by atoms with Crippen LogP contribution in [0.25, 0.3) is 0 Å². The van der Waals surface area contributed by atoms with Crippen molar-refractivity contribution in [1.29, 1.82) is 0 Å². The van der Waals surface area contributed by atoms with Crippen molar-refractivity contribution < 1.29 is 27.5 Å². The molecule has 0 bridgehead atoms. The summed E-state index contributed by atoms with van der Waals surface area (Å²) >= 11 is 0. The summed E-state index contributed by atoms with van der Waals surface area (Å²) in [5.74, 6) is -0.990. The zero-order chi connectivity index (χ0) is 17.3. The predicted octanol–water partition coefficient (Wildman–Crippen LogP) is 3.18. The maximum atomic E-state index is 12.6. The quantitative estimate of drug-likeness (QED) is 0.771. The van der Waals surface area contributed by atoms with Crippen molar-refractivity contribution in [2.45, 2.75) is 25.6 Å². The van der Waals surface area contributed by atoms with E-state index in [1.165, 1.54) is 17.1 Å². The van der Waals surface area contributed by atoms with Crippen molar-refractivity contribution in [2.24, 2.45) is 5.92 Å². The fourth-order valence-electron chi connectivity index (χ4n) is 2.38. The first-order valence-corrected chi connectivity index (χ1v) is 7.51. The Labute approximate surface area is 137 Å². The molecule has 8 heteroatoms. The molecule has 0 saturated heterocycles. The minimum Gasteiger partial charge on any atom is -0.466 e. The molecular formula is C16H17F3N2O3. The number of rotatable bonds is 5. The van der Waals surface area contributed by atoms with E-state index in [0.717, 1.165) is 24.6 Å². The topological polar surface area (TPSA) is 42.0 Å². The molecule has 0 spiro atoms. The second-order valence-electron chi connectivity index (χ2n) is 5.73. The van der Waals surface area contributed by atoms with Gasteiger partial charge in [-0.25, -0.2) is 5.06 Å². The van der Waals surface area contributed by atoms with Crippen molar-refractivity contribution in [3.05, 3.63) is 41.8 Å². The second kappa shape index (κ2) is 6.35. The molecule has 3 rings (SSSR count). The lowest BCUT2D eigenvalue weighted by molar-refractivity contribution is -0.180. The molecule has 1 heterocycles. The third-order valence-electron chi connectivity index (χ3n) is 3.90. The van der Waals surface area contributed by atoms with Gasteiger partial charge in [-0.3, -0.25) is 9.63 Å². The van der Waals surface area contributed by atoms with Gasteiger partial charge in [0.15, 0.2) is 6.73 Å². The molecule has 0 unspecified atom stereocenters. The highest BCUT2D eigenvalue weighted by Crippen LogP contribution is 2.33. The van der Waals surface area contributed by atoms with Crippen LogP contribution >= 0.6 is 0 Å². The molecule has 1 aliphatic carbocycles. The number of allylic oxidation sites excluding steroid dienone is 1. The lowest BCUT2D eigenvalue weighted by atomic mass is 10.2. The summed E-state index contributed by atoms with van der Waals surface area (Å²) in [6.45, 7) is 0.116. The van der Waals surface area contributed by atoms with E-state index in [2.05, 4.69) is 4.74 Å². The Morgan fingerprint density at radius 1 is 1.33 bits per heavy atom. The fraction of sp³-hybridized carbons (Fsp3) is 0.438. The molecule has 1 amide bonds. The number of hydrogen-bond acceptors (Lipinski definition) is 4. The molecule has 0 atom stereocenters. The van der Waals surface area contributed by atoms with Crippen LogP contribution in [0, 0.1) is 5.92 Å². The average Bonchev–Trinajstić information content (AvgIpc) is 3.27. The molecule has 1 aromatic carbocycles. The highest BCUT2D eigenvalue weighted by molar-refractivity contribution is 5.80. The number of amides is 1. The summed E-state index contributed by atoms with van der Waals surface area (Å²) in [5.41, 5.74) is 1.41. The summed E-state index contributed by atoms with van der Waals surface area (Å²) in [6.07, 6.45) is -1.77.